The van der Waals surface area contributed by atoms with Crippen molar-refractivity contribution in [2.24, 2.45) is 17.8 Å². The van der Waals surface area contributed by atoms with E-state index in [1.165, 1.54) is 36.7 Å². The van der Waals surface area contributed by atoms with Crippen molar-refractivity contribution in [1.29, 1.82) is 0 Å². The van der Waals surface area contributed by atoms with Crippen molar-refractivity contribution >= 4 is 22.9 Å². The minimum atomic E-state index is -4.62. The quantitative estimate of drug-likeness (QED) is 0.517. The highest BCUT2D eigenvalue weighted by Crippen LogP contribution is 2.57. The summed E-state index contributed by atoms with van der Waals surface area (Å²) in [5.41, 5.74) is -0.838. The van der Waals surface area contributed by atoms with Gasteiger partial charge >= 0.3 is 6.18 Å². The van der Waals surface area contributed by atoms with Gasteiger partial charge in [-0.2, -0.15) is 18.3 Å². The van der Waals surface area contributed by atoms with Crippen LogP contribution in [0, 0.1) is 17.8 Å². The topological polar surface area (TPSA) is 50.5 Å². The van der Waals surface area contributed by atoms with Crippen molar-refractivity contribution in [1.82, 2.24) is 19.5 Å². The Hall–Kier alpha value is -2.42. The maximum atomic E-state index is 13.8. The molecule has 9 heteroatoms. The first-order valence-electron chi connectivity index (χ1n) is 11.0. The number of amides is 1. The lowest BCUT2D eigenvalue weighted by atomic mass is 9.52. The molecule has 4 saturated carbocycles. The number of carbonyl (C=O) groups excluding carboxylic acids is 1. The Kier molecular flexibility index (Phi) is 4.29. The maximum absolute atomic E-state index is 13.8. The van der Waals surface area contributed by atoms with Gasteiger partial charge in [0.05, 0.1) is 10.6 Å². The van der Waals surface area contributed by atoms with Crippen molar-refractivity contribution in [3.8, 4) is 10.6 Å². The Balaban J connectivity index is 1.40. The van der Waals surface area contributed by atoms with Crippen molar-refractivity contribution in [2.45, 2.75) is 50.2 Å². The van der Waals surface area contributed by atoms with E-state index >= 15 is 0 Å². The first-order valence-corrected chi connectivity index (χ1v) is 11.9. The van der Waals surface area contributed by atoms with Crippen LogP contribution < -0.4 is 0 Å². The number of hydrogen-bond acceptors (Lipinski definition) is 4. The Labute approximate surface area is 187 Å². The van der Waals surface area contributed by atoms with Crippen LogP contribution in [0.15, 0.2) is 29.6 Å². The predicted molar refractivity (Wildman–Crippen MR) is 114 cm³/mol. The molecule has 1 amide bonds. The van der Waals surface area contributed by atoms with Gasteiger partial charge in [-0.3, -0.25) is 4.79 Å². The van der Waals surface area contributed by atoms with Gasteiger partial charge in [-0.1, -0.05) is 6.07 Å². The van der Waals surface area contributed by atoms with Crippen molar-refractivity contribution in [3.63, 3.8) is 0 Å². The number of fused-ring (bicyclic) bond motifs is 1. The second-order valence-electron chi connectivity index (χ2n) is 9.81. The number of nitrogens with zero attached hydrogens (tertiary/aromatic N) is 4. The Morgan fingerprint density at radius 2 is 1.81 bits per heavy atom. The van der Waals surface area contributed by atoms with Crippen LogP contribution >= 0.6 is 11.3 Å². The number of hydrogen-bond donors (Lipinski definition) is 0. The van der Waals surface area contributed by atoms with Gasteiger partial charge in [0.1, 0.15) is 0 Å². The van der Waals surface area contributed by atoms with Crippen LogP contribution in [0.5, 0.6) is 0 Å². The van der Waals surface area contributed by atoms with Crippen molar-refractivity contribution in [2.75, 3.05) is 7.05 Å². The molecule has 3 heterocycles. The molecule has 3 aromatic heterocycles. The number of alkyl halides is 3. The molecule has 4 bridgehead atoms. The predicted octanol–water partition coefficient (Wildman–Crippen LogP) is 5.52. The van der Waals surface area contributed by atoms with E-state index in [4.69, 9.17) is 0 Å². The molecule has 5 nitrogen and oxygen atoms in total. The second kappa shape index (κ2) is 6.79. The standard InChI is InChI=1S/C23H23F3N4OS/c1-29(22-10-13-5-14(11-22)7-15(6-13)12-22)21(31)17-9-20-27-16(18-3-2-4-32-18)8-19(23(24,25)26)30(20)28-17/h2-4,8-9,13-15H,5-7,10-12H2,1H3. The monoisotopic (exact) mass is 460 g/mol. The fraction of sp³-hybridized carbons (Fsp3) is 0.522. The summed E-state index contributed by atoms with van der Waals surface area (Å²) in [5.74, 6) is 1.65. The van der Waals surface area contributed by atoms with Gasteiger partial charge in [-0.05, 0) is 73.8 Å². The summed E-state index contributed by atoms with van der Waals surface area (Å²) < 4.78 is 42.3. The number of thiophene rings is 1. The summed E-state index contributed by atoms with van der Waals surface area (Å²) in [6.45, 7) is 0. The van der Waals surface area contributed by atoms with E-state index in [0.717, 1.165) is 29.8 Å². The smallest absolute Gasteiger partial charge is 0.335 e. The van der Waals surface area contributed by atoms with E-state index in [2.05, 4.69) is 10.1 Å². The molecule has 0 spiro atoms. The summed E-state index contributed by atoms with van der Waals surface area (Å²) in [7, 11) is 1.80. The normalized spacial score (nSPS) is 29.1. The molecule has 0 unspecified atom stereocenters. The molecule has 3 aromatic rings. The fourth-order valence-electron chi connectivity index (χ4n) is 6.69. The zero-order valence-corrected chi connectivity index (χ0v) is 18.4. The highest BCUT2D eigenvalue weighted by atomic mass is 32.1. The Bertz CT molecular complexity index is 1160. The average Bonchev–Trinajstić information content (AvgIpc) is 3.40. The molecule has 0 aliphatic heterocycles. The lowest BCUT2D eigenvalue weighted by Crippen LogP contribution is -2.60. The molecule has 168 valence electrons. The lowest BCUT2D eigenvalue weighted by Gasteiger charge is -2.59. The van der Waals surface area contributed by atoms with Gasteiger partial charge in [0, 0.05) is 18.7 Å². The van der Waals surface area contributed by atoms with E-state index in [0.29, 0.717) is 22.6 Å². The highest BCUT2D eigenvalue weighted by molar-refractivity contribution is 7.13. The van der Waals surface area contributed by atoms with Crippen molar-refractivity contribution < 1.29 is 18.0 Å². The van der Waals surface area contributed by atoms with E-state index in [-0.39, 0.29) is 28.5 Å². The summed E-state index contributed by atoms with van der Waals surface area (Å²) in [6.07, 6.45) is 2.10. The zero-order valence-electron chi connectivity index (χ0n) is 17.6. The summed E-state index contributed by atoms with van der Waals surface area (Å²) >= 11 is 1.32. The third-order valence-electron chi connectivity index (χ3n) is 7.73. The largest absolute Gasteiger partial charge is 0.433 e. The first kappa shape index (κ1) is 20.2. The minimum absolute atomic E-state index is 0.0181. The number of aromatic nitrogens is 3. The fourth-order valence-corrected chi connectivity index (χ4v) is 7.38. The summed E-state index contributed by atoms with van der Waals surface area (Å²) in [4.78, 5) is 20.3. The molecule has 0 radical (unpaired) electrons. The molecule has 7 rings (SSSR count). The number of rotatable bonds is 3. The highest BCUT2D eigenvalue weighted by Gasteiger charge is 2.54. The van der Waals surface area contributed by atoms with Crippen LogP contribution in [0.2, 0.25) is 0 Å². The molecular weight excluding hydrogens is 437 g/mol. The van der Waals surface area contributed by atoms with Crippen LogP contribution in [0.25, 0.3) is 16.2 Å². The average molecular weight is 461 g/mol. The molecule has 0 atom stereocenters. The third kappa shape index (κ3) is 3.08. The van der Waals surface area contributed by atoms with Crippen LogP contribution in [-0.4, -0.2) is 38.0 Å². The van der Waals surface area contributed by atoms with E-state index in [1.807, 2.05) is 0 Å². The first-order chi connectivity index (χ1) is 15.2. The Morgan fingerprint density at radius 1 is 1.16 bits per heavy atom. The SMILES string of the molecule is CN(C(=O)c1cc2nc(-c3cccs3)cc(C(F)(F)F)n2n1)C12CC3CC(CC(C3)C1)C2. The van der Waals surface area contributed by atoms with Gasteiger partial charge in [-0.15, -0.1) is 11.3 Å². The maximum Gasteiger partial charge on any atom is 0.433 e. The molecule has 0 N–H and O–H groups in total. The van der Waals surface area contributed by atoms with Gasteiger partial charge in [-0.25, -0.2) is 9.50 Å². The van der Waals surface area contributed by atoms with Crippen LogP contribution in [-0.2, 0) is 6.18 Å². The van der Waals surface area contributed by atoms with Gasteiger partial charge in [0.15, 0.2) is 17.0 Å². The number of halogens is 3. The van der Waals surface area contributed by atoms with Crippen LogP contribution in [0.1, 0.15) is 54.7 Å². The molecule has 0 aromatic carbocycles. The molecule has 0 saturated heterocycles. The summed E-state index contributed by atoms with van der Waals surface area (Å²) in [6, 6.07) is 5.90. The van der Waals surface area contributed by atoms with Crippen molar-refractivity contribution in [3.05, 3.63) is 41.0 Å². The number of carbonyl (C=O) groups is 1. The third-order valence-corrected chi connectivity index (χ3v) is 8.62. The molecule has 4 aliphatic rings. The zero-order chi connectivity index (χ0) is 22.3. The van der Waals surface area contributed by atoms with E-state index < -0.39 is 11.9 Å². The van der Waals surface area contributed by atoms with Gasteiger partial charge in [0.2, 0.25) is 0 Å². The molecule has 4 aliphatic carbocycles. The van der Waals surface area contributed by atoms with Crippen LogP contribution in [0.4, 0.5) is 13.2 Å². The molecular formula is C23H23F3N4OS. The van der Waals surface area contributed by atoms with Gasteiger partial charge in [0.25, 0.3) is 5.91 Å². The summed E-state index contributed by atoms with van der Waals surface area (Å²) in [5, 5.41) is 5.89. The molecule has 4 fully saturated rings. The van der Waals surface area contributed by atoms with Crippen LogP contribution in [0.3, 0.4) is 0 Å². The van der Waals surface area contributed by atoms with E-state index in [9.17, 15) is 18.0 Å². The lowest BCUT2D eigenvalue weighted by molar-refractivity contribution is -0.142. The minimum Gasteiger partial charge on any atom is -0.335 e. The molecule has 32 heavy (non-hydrogen) atoms. The van der Waals surface area contributed by atoms with E-state index in [1.54, 1.807) is 29.5 Å². The Morgan fingerprint density at radius 3 is 2.38 bits per heavy atom. The second-order valence-corrected chi connectivity index (χ2v) is 10.8. The van der Waals surface area contributed by atoms with Gasteiger partial charge < -0.3 is 4.90 Å².